The van der Waals surface area contributed by atoms with Gasteiger partial charge in [-0.05, 0) is 24.6 Å². The monoisotopic (exact) mass is 209 g/mol. The molecule has 80 valence electrons. The molecule has 2 N–H and O–H groups in total. The van der Waals surface area contributed by atoms with Crippen molar-refractivity contribution in [1.82, 2.24) is 5.32 Å². The quantitative estimate of drug-likeness (QED) is 0.746. The summed E-state index contributed by atoms with van der Waals surface area (Å²) in [5.74, 6) is -1.29. The molecule has 0 radical (unpaired) electrons. The van der Waals surface area contributed by atoms with E-state index in [-0.39, 0.29) is 11.9 Å². The van der Waals surface area contributed by atoms with E-state index >= 15 is 0 Å². The lowest BCUT2D eigenvalue weighted by Gasteiger charge is -2.11. The van der Waals surface area contributed by atoms with Gasteiger partial charge in [-0.15, -0.1) is 0 Å². The molecule has 1 aromatic rings. The summed E-state index contributed by atoms with van der Waals surface area (Å²) in [6, 6.07) is 5.99. The van der Waals surface area contributed by atoms with Gasteiger partial charge < -0.3 is 10.4 Å². The number of hydrogen-bond donors (Lipinski definition) is 2. The minimum atomic E-state index is -1.01. The van der Waals surface area contributed by atoms with E-state index in [0.29, 0.717) is 0 Å². The first-order valence-electron chi connectivity index (χ1n) is 4.50. The van der Waals surface area contributed by atoms with Gasteiger partial charge in [0.25, 0.3) is 0 Å². The zero-order chi connectivity index (χ0) is 11.3. The average molecular weight is 209 g/mol. The molecule has 1 aromatic carbocycles. The Balaban J connectivity index is 2.57. The molecule has 0 aliphatic rings. The second-order valence-corrected chi connectivity index (χ2v) is 3.11. The number of aliphatic carboxylic acids is 1. The highest BCUT2D eigenvalue weighted by Gasteiger charge is 2.02. The second kappa shape index (κ2) is 5.14. The van der Waals surface area contributed by atoms with Crippen LogP contribution in [-0.4, -0.2) is 11.1 Å². The first kappa shape index (κ1) is 11.2. The standard InChI is InChI=1S/C11H12FNO2/c1-8(13-7-6-11(14)15)9-2-4-10(12)5-3-9/h2-8,13H,1H3,(H,14,15)/b7-6+/t8-/m1/s1. The van der Waals surface area contributed by atoms with Crippen LogP contribution in [0.25, 0.3) is 0 Å². The molecular formula is C11H12FNO2. The lowest BCUT2D eigenvalue weighted by atomic mass is 10.1. The Labute approximate surface area is 87.2 Å². The molecule has 0 fully saturated rings. The molecule has 0 amide bonds. The Kier molecular flexibility index (Phi) is 3.85. The van der Waals surface area contributed by atoms with Crippen molar-refractivity contribution in [2.75, 3.05) is 0 Å². The molecule has 0 heterocycles. The van der Waals surface area contributed by atoms with Gasteiger partial charge in [0.1, 0.15) is 5.82 Å². The van der Waals surface area contributed by atoms with E-state index in [4.69, 9.17) is 5.11 Å². The molecule has 0 aromatic heterocycles. The number of nitrogens with one attached hydrogen (secondary N) is 1. The van der Waals surface area contributed by atoms with Gasteiger partial charge >= 0.3 is 5.97 Å². The maximum atomic E-state index is 12.6. The van der Waals surface area contributed by atoms with Crippen molar-refractivity contribution in [3.8, 4) is 0 Å². The minimum Gasteiger partial charge on any atom is -0.478 e. The fraction of sp³-hybridized carbons (Fsp3) is 0.182. The summed E-state index contributed by atoms with van der Waals surface area (Å²) in [4.78, 5) is 10.2. The van der Waals surface area contributed by atoms with Crippen LogP contribution in [0.3, 0.4) is 0 Å². The van der Waals surface area contributed by atoms with E-state index < -0.39 is 5.97 Å². The first-order chi connectivity index (χ1) is 7.09. The van der Waals surface area contributed by atoms with Crippen LogP contribution in [0.2, 0.25) is 0 Å². The lowest BCUT2D eigenvalue weighted by Crippen LogP contribution is -2.12. The van der Waals surface area contributed by atoms with Crippen LogP contribution < -0.4 is 5.32 Å². The first-order valence-corrected chi connectivity index (χ1v) is 4.50. The van der Waals surface area contributed by atoms with Crippen molar-refractivity contribution in [2.24, 2.45) is 0 Å². The highest BCUT2D eigenvalue weighted by Crippen LogP contribution is 2.12. The highest BCUT2D eigenvalue weighted by atomic mass is 19.1. The minimum absolute atomic E-state index is 0.0544. The number of carboxylic acids is 1. The van der Waals surface area contributed by atoms with E-state index in [0.717, 1.165) is 11.6 Å². The zero-order valence-electron chi connectivity index (χ0n) is 8.27. The summed E-state index contributed by atoms with van der Waals surface area (Å²) in [6.07, 6.45) is 2.37. The van der Waals surface area contributed by atoms with Crippen molar-refractivity contribution in [3.05, 3.63) is 47.9 Å². The Bertz CT molecular complexity index is 359. The summed E-state index contributed by atoms with van der Waals surface area (Å²) in [6.45, 7) is 1.86. The van der Waals surface area contributed by atoms with E-state index in [1.165, 1.54) is 18.3 Å². The third-order valence-corrected chi connectivity index (χ3v) is 1.94. The molecule has 0 unspecified atom stereocenters. The lowest BCUT2D eigenvalue weighted by molar-refractivity contribution is -0.131. The van der Waals surface area contributed by atoms with Gasteiger partial charge in [-0.1, -0.05) is 12.1 Å². The summed E-state index contributed by atoms with van der Waals surface area (Å²) in [5.41, 5.74) is 0.895. The van der Waals surface area contributed by atoms with Gasteiger partial charge in [0, 0.05) is 18.3 Å². The second-order valence-electron chi connectivity index (χ2n) is 3.11. The Morgan fingerprint density at radius 3 is 2.60 bits per heavy atom. The Morgan fingerprint density at radius 2 is 2.07 bits per heavy atom. The van der Waals surface area contributed by atoms with Gasteiger partial charge in [0.2, 0.25) is 0 Å². The summed E-state index contributed by atoms with van der Waals surface area (Å²) in [7, 11) is 0. The van der Waals surface area contributed by atoms with Crippen molar-refractivity contribution in [1.29, 1.82) is 0 Å². The summed E-state index contributed by atoms with van der Waals surface area (Å²) < 4.78 is 12.6. The van der Waals surface area contributed by atoms with Crippen LogP contribution >= 0.6 is 0 Å². The van der Waals surface area contributed by atoms with Crippen molar-refractivity contribution in [3.63, 3.8) is 0 Å². The fourth-order valence-corrected chi connectivity index (χ4v) is 1.11. The van der Waals surface area contributed by atoms with E-state index in [9.17, 15) is 9.18 Å². The fourth-order valence-electron chi connectivity index (χ4n) is 1.11. The molecule has 0 saturated carbocycles. The largest absolute Gasteiger partial charge is 0.478 e. The number of benzene rings is 1. The SMILES string of the molecule is C[C@@H](N/C=C/C(=O)O)c1ccc(F)cc1. The Hall–Kier alpha value is -1.84. The van der Waals surface area contributed by atoms with Crippen LogP contribution in [0, 0.1) is 5.82 Å². The maximum Gasteiger partial charge on any atom is 0.329 e. The molecule has 0 saturated heterocycles. The molecule has 0 bridgehead atoms. The van der Waals surface area contributed by atoms with Crippen LogP contribution in [0.4, 0.5) is 4.39 Å². The average Bonchev–Trinajstić information content (AvgIpc) is 2.18. The van der Waals surface area contributed by atoms with Crippen molar-refractivity contribution >= 4 is 5.97 Å². The normalized spacial score (nSPS) is 12.7. The molecule has 3 nitrogen and oxygen atoms in total. The van der Waals surface area contributed by atoms with Gasteiger partial charge in [0.15, 0.2) is 0 Å². The molecule has 1 atom stereocenters. The van der Waals surface area contributed by atoms with Crippen LogP contribution in [0.5, 0.6) is 0 Å². The van der Waals surface area contributed by atoms with Gasteiger partial charge in [-0.3, -0.25) is 0 Å². The van der Waals surface area contributed by atoms with E-state index in [1.807, 2.05) is 6.92 Å². The molecule has 0 aliphatic heterocycles. The predicted molar refractivity (Wildman–Crippen MR) is 54.7 cm³/mol. The van der Waals surface area contributed by atoms with Crippen LogP contribution in [0.15, 0.2) is 36.5 Å². The van der Waals surface area contributed by atoms with Gasteiger partial charge in [-0.2, -0.15) is 0 Å². The molecule has 1 rings (SSSR count). The summed E-state index contributed by atoms with van der Waals surface area (Å²) in [5, 5.41) is 11.2. The predicted octanol–water partition coefficient (Wildman–Crippen LogP) is 2.07. The summed E-state index contributed by atoms with van der Waals surface area (Å²) >= 11 is 0. The number of carboxylic acid groups (broad SMARTS) is 1. The van der Waals surface area contributed by atoms with Gasteiger partial charge in [0.05, 0.1) is 0 Å². The molecule has 4 heteroatoms. The van der Waals surface area contributed by atoms with Crippen molar-refractivity contribution in [2.45, 2.75) is 13.0 Å². The third kappa shape index (κ3) is 3.81. The smallest absolute Gasteiger partial charge is 0.329 e. The zero-order valence-corrected chi connectivity index (χ0v) is 8.27. The highest BCUT2D eigenvalue weighted by molar-refractivity contribution is 5.79. The van der Waals surface area contributed by atoms with Gasteiger partial charge in [-0.25, -0.2) is 9.18 Å². The van der Waals surface area contributed by atoms with Crippen LogP contribution in [-0.2, 0) is 4.79 Å². The number of carbonyl (C=O) groups is 1. The molecule has 15 heavy (non-hydrogen) atoms. The topological polar surface area (TPSA) is 49.3 Å². The Morgan fingerprint density at radius 1 is 1.47 bits per heavy atom. The number of rotatable bonds is 4. The van der Waals surface area contributed by atoms with Crippen LogP contribution in [0.1, 0.15) is 18.5 Å². The van der Waals surface area contributed by atoms with E-state index in [1.54, 1.807) is 12.1 Å². The van der Waals surface area contributed by atoms with E-state index in [2.05, 4.69) is 5.32 Å². The molecular weight excluding hydrogens is 197 g/mol. The number of hydrogen-bond acceptors (Lipinski definition) is 2. The molecule has 0 spiro atoms. The number of halogens is 1. The molecule has 0 aliphatic carbocycles. The van der Waals surface area contributed by atoms with Crippen molar-refractivity contribution < 1.29 is 14.3 Å². The maximum absolute atomic E-state index is 12.6. The third-order valence-electron chi connectivity index (χ3n) is 1.94.